The molecule has 1 aliphatic heterocycles. The molecule has 0 spiro atoms. The van der Waals surface area contributed by atoms with Crippen LogP contribution in [0.15, 0.2) is 23.3 Å². The van der Waals surface area contributed by atoms with Crippen molar-refractivity contribution in [3.05, 3.63) is 28.7 Å². The van der Waals surface area contributed by atoms with E-state index in [-0.39, 0.29) is 11.7 Å². The van der Waals surface area contributed by atoms with E-state index in [0.29, 0.717) is 5.75 Å². The number of hydrogen-bond acceptors (Lipinski definition) is 3. The molecule has 2 rings (SSSR count). The number of rotatable bonds is 15. The molecule has 1 aromatic rings. The van der Waals surface area contributed by atoms with Gasteiger partial charge in [0.15, 0.2) is 12.0 Å². The number of unbranched alkanes of at least 4 members (excludes halogenated alkanes) is 11. The fourth-order valence-corrected chi connectivity index (χ4v) is 3.81. The minimum absolute atomic E-state index is 0.0554. The molecule has 0 saturated carbocycles. The minimum atomic E-state index is -0.260. The molecular weight excluding hydrogens is 350 g/mol. The van der Waals surface area contributed by atoms with Gasteiger partial charge < -0.3 is 14.0 Å². The van der Waals surface area contributed by atoms with Crippen LogP contribution in [0, 0.1) is 0 Å². The van der Waals surface area contributed by atoms with Crippen LogP contribution < -0.4 is 10.2 Å². The van der Waals surface area contributed by atoms with Crippen molar-refractivity contribution in [2.45, 2.75) is 116 Å². The number of aryl methyl sites for hydroxylation is 1. The summed E-state index contributed by atoms with van der Waals surface area (Å²) >= 11 is 0. The number of pyridine rings is 1. The van der Waals surface area contributed by atoms with E-state index in [9.17, 15) is 4.79 Å². The van der Waals surface area contributed by atoms with Gasteiger partial charge in [0.1, 0.15) is 0 Å². The Morgan fingerprint density at radius 3 is 2.21 bits per heavy atom. The molecule has 1 aliphatic rings. The maximum Gasteiger partial charge on any atom is 0.223 e. The molecule has 28 heavy (non-hydrogen) atoms. The Bertz CT molecular complexity index is 563. The quantitative estimate of drug-likeness (QED) is 0.322. The molecule has 2 heterocycles. The summed E-state index contributed by atoms with van der Waals surface area (Å²) in [6, 6.07) is 1.61. The predicted molar refractivity (Wildman–Crippen MR) is 116 cm³/mol. The van der Waals surface area contributed by atoms with E-state index in [1.54, 1.807) is 6.07 Å². The van der Waals surface area contributed by atoms with Gasteiger partial charge in [-0.25, -0.2) is 0 Å². The van der Waals surface area contributed by atoms with Gasteiger partial charge in [-0.1, -0.05) is 77.6 Å². The molecule has 1 fully saturated rings. The summed E-state index contributed by atoms with van der Waals surface area (Å²) in [4.78, 5) is 12.0. The van der Waals surface area contributed by atoms with Crippen LogP contribution in [0.1, 0.15) is 103 Å². The van der Waals surface area contributed by atoms with Gasteiger partial charge >= 0.3 is 0 Å². The first-order valence-corrected chi connectivity index (χ1v) is 11.8. The Morgan fingerprint density at radius 2 is 1.61 bits per heavy atom. The van der Waals surface area contributed by atoms with Gasteiger partial charge in [-0.3, -0.25) is 4.79 Å². The second kappa shape index (κ2) is 14.7. The maximum atomic E-state index is 12.0. The van der Waals surface area contributed by atoms with Crippen molar-refractivity contribution in [3.63, 3.8) is 0 Å². The molecule has 0 aliphatic carbocycles. The maximum absolute atomic E-state index is 12.0. The number of ether oxygens (including phenoxy) is 2. The average Bonchev–Trinajstić information content (AvgIpc) is 2.72. The molecule has 0 aromatic carbocycles. The van der Waals surface area contributed by atoms with E-state index in [4.69, 9.17) is 9.47 Å². The van der Waals surface area contributed by atoms with Crippen LogP contribution in [0.2, 0.25) is 0 Å². The lowest BCUT2D eigenvalue weighted by Gasteiger charge is -2.23. The first-order valence-electron chi connectivity index (χ1n) is 11.8. The summed E-state index contributed by atoms with van der Waals surface area (Å²) in [6.45, 7) is 3.95. The van der Waals surface area contributed by atoms with Crippen LogP contribution in [0.4, 0.5) is 0 Å². The van der Waals surface area contributed by atoms with Crippen molar-refractivity contribution in [2.75, 3.05) is 6.61 Å². The summed E-state index contributed by atoms with van der Waals surface area (Å²) < 4.78 is 13.4. The second-order valence-corrected chi connectivity index (χ2v) is 8.21. The normalized spacial score (nSPS) is 17.0. The summed E-state index contributed by atoms with van der Waals surface area (Å²) in [6.07, 6.45) is 22.8. The smallest absolute Gasteiger partial charge is 0.223 e. The Labute approximate surface area is 171 Å². The predicted octanol–water partition coefficient (Wildman–Crippen LogP) is 6.45. The number of hydrogen-bond donors (Lipinski definition) is 0. The van der Waals surface area contributed by atoms with Gasteiger partial charge in [0.05, 0.1) is 12.8 Å². The molecule has 1 atom stereocenters. The third-order valence-electron chi connectivity index (χ3n) is 5.61. The molecule has 4 nitrogen and oxygen atoms in total. The molecule has 0 amide bonds. The topological polar surface area (TPSA) is 40.5 Å². The highest BCUT2D eigenvalue weighted by atomic mass is 16.7. The minimum Gasteiger partial charge on any atom is -0.459 e. The van der Waals surface area contributed by atoms with Crippen LogP contribution in [0.25, 0.3) is 0 Å². The molecule has 160 valence electrons. The van der Waals surface area contributed by atoms with E-state index in [0.717, 1.165) is 38.8 Å². The molecule has 0 radical (unpaired) electrons. The van der Waals surface area contributed by atoms with Crippen LogP contribution in [0.3, 0.4) is 0 Å². The Balaban J connectivity index is 1.53. The fraction of sp³-hybridized carbons (Fsp3) is 0.792. The van der Waals surface area contributed by atoms with Gasteiger partial charge in [-0.15, -0.1) is 0 Å². The van der Waals surface area contributed by atoms with Crippen molar-refractivity contribution in [2.24, 2.45) is 0 Å². The molecule has 1 saturated heterocycles. The monoisotopic (exact) mass is 391 g/mol. The zero-order valence-corrected chi connectivity index (χ0v) is 18.0. The lowest BCUT2D eigenvalue weighted by atomic mass is 10.1. The summed E-state index contributed by atoms with van der Waals surface area (Å²) in [7, 11) is 0. The van der Waals surface area contributed by atoms with Crippen LogP contribution >= 0.6 is 0 Å². The Kier molecular flexibility index (Phi) is 12.0. The SMILES string of the molecule is CCCCCCCCCCCCCCn1ccc(=O)c(OC2CCCCO2)c1. The highest BCUT2D eigenvalue weighted by Crippen LogP contribution is 2.17. The van der Waals surface area contributed by atoms with Crippen LogP contribution in [-0.2, 0) is 11.3 Å². The van der Waals surface area contributed by atoms with Gasteiger partial charge in [0, 0.05) is 25.2 Å². The zero-order valence-electron chi connectivity index (χ0n) is 18.0. The lowest BCUT2D eigenvalue weighted by Crippen LogP contribution is -2.27. The molecule has 4 heteroatoms. The summed E-state index contributed by atoms with van der Waals surface area (Å²) in [5.41, 5.74) is -0.0554. The summed E-state index contributed by atoms with van der Waals surface area (Å²) in [5.74, 6) is 0.424. The van der Waals surface area contributed by atoms with E-state index < -0.39 is 0 Å². The van der Waals surface area contributed by atoms with Crippen molar-refractivity contribution < 1.29 is 9.47 Å². The zero-order chi connectivity index (χ0) is 19.9. The van der Waals surface area contributed by atoms with Gasteiger partial charge in [0.2, 0.25) is 5.43 Å². The lowest BCUT2D eigenvalue weighted by molar-refractivity contribution is -0.106. The second-order valence-electron chi connectivity index (χ2n) is 8.21. The van der Waals surface area contributed by atoms with Crippen LogP contribution in [-0.4, -0.2) is 17.5 Å². The molecular formula is C24H41NO3. The van der Waals surface area contributed by atoms with E-state index in [2.05, 4.69) is 11.5 Å². The third-order valence-corrected chi connectivity index (χ3v) is 5.61. The van der Waals surface area contributed by atoms with Crippen molar-refractivity contribution >= 4 is 0 Å². The first-order chi connectivity index (χ1) is 13.8. The summed E-state index contributed by atoms with van der Waals surface area (Å²) in [5, 5.41) is 0. The van der Waals surface area contributed by atoms with Crippen molar-refractivity contribution in [3.8, 4) is 5.75 Å². The Morgan fingerprint density at radius 1 is 0.964 bits per heavy atom. The molecule has 1 unspecified atom stereocenters. The van der Waals surface area contributed by atoms with Gasteiger partial charge in [0.25, 0.3) is 0 Å². The average molecular weight is 392 g/mol. The van der Waals surface area contributed by atoms with E-state index >= 15 is 0 Å². The van der Waals surface area contributed by atoms with E-state index in [1.165, 1.54) is 70.6 Å². The fourth-order valence-electron chi connectivity index (χ4n) is 3.81. The third kappa shape index (κ3) is 9.77. The Hall–Kier alpha value is -1.29. The first kappa shape index (κ1) is 23.0. The molecule has 1 aromatic heterocycles. The van der Waals surface area contributed by atoms with E-state index in [1.807, 2.05) is 12.4 Å². The van der Waals surface area contributed by atoms with Crippen molar-refractivity contribution in [1.82, 2.24) is 4.57 Å². The highest BCUT2D eigenvalue weighted by Gasteiger charge is 2.16. The van der Waals surface area contributed by atoms with Gasteiger partial charge in [-0.05, 0) is 19.3 Å². The number of nitrogens with zero attached hydrogens (tertiary/aromatic N) is 1. The van der Waals surface area contributed by atoms with Crippen molar-refractivity contribution in [1.29, 1.82) is 0 Å². The highest BCUT2D eigenvalue weighted by molar-refractivity contribution is 5.17. The largest absolute Gasteiger partial charge is 0.459 e. The standard InChI is InChI=1S/C24H41NO3/c1-2-3-4-5-6-7-8-9-10-11-12-14-18-25-19-17-22(26)23(21-25)28-24-16-13-15-20-27-24/h17,19,21,24H,2-16,18,20H2,1H3. The molecule has 0 N–H and O–H groups in total. The van der Waals surface area contributed by atoms with Crippen LogP contribution in [0.5, 0.6) is 5.75 Å². The van der Waals surface area contributed by atoms with Gasteiger partial charge in [-0.2, -0.15) is 0 Å². The number of aromatic nitrogens is 1. The molecule has 0 bridgehead atoms.